The van der Waals surface area contributed by atoms with E-state index in [1.165, 1.54) is 30.5 Å². The number of fused-ring (bicyclic) bond motifs is 1. The third-order valence-corrected chi connectivity index (χ3v) is 2.08. The second-order valence-corrected chi connectivity index (χ2v) is 2.81. The Kier molecular flexibility index (Phi) is 1.55. The first-order valence-corrected chi connectivity index (χ1v) is 3.90. The van der Waals surface area contributed by atoms with Crippen molar-refractivity contribution < 1.29 is 0 Å². The Morgan fingerprint density at radius 1 is 1.50 bits per heavy atom. The minimum atomic E-state index is 0.826. The average Bonchev–Trinajstić information content (AvgIpc) is 2.05. The SMILES string of the molecule is C1=C2CNCN=C2CCC1. The van der Waals surface area contributed by atoms with Crippen molar-refractivity contribution in [1.82, 2.24) is 5.32 Å². The molecule has 0 aromatic heterocycles. The van der Waals surface area contributed by atoms with Crippen LogP contribution < -0.4 is 5.32 Å². The van der Waals surface area contributed by atoms with Gasteiger partial charge in [0.1, 0.15) is 0 Å². The van der Waals surface area contributed by atoms with E-state index in [0.717, 1.165) is 13.2 Å². The average molecular weight is 136 g/mol. The normalized spacial score (nSPS) is 24.8. The van der Waals surface area contributed by atoms with Gasteiger partial charge < -0.3 is 0 Å². The largest absolute Gasteiger partial charge is 0.294 e. The van der Waals surface area contributed by atoms with Gasteiger partial charge in [0.05, 0.1) is 6.67 Å². The topological polar surface area (TPSA) is 24.4 Å². The predicted molar refractivity (Wildman–Crippen MR) is 42.2 cm³/mol. The van der Waals surface area contributed by atoms with Gasteiger partial charge in [0.2, 0.25) is 0 Å². The lowest BCUT2D eigenvalue weighted by Gasteiger charge is -2.20. The van der Waals surface area contributed by atoms with Crippen molar-refractivity contribution in [1.29, 1.82) is 0 Å². The van der Waals surface area contributed by atoms with Gasteiger partial charge in [-0.25, -0.2) is 0 Å². The van der Waals surface area contributed by atoms with Crippen LogP contribution in [0.15, 0.2) is 16.6 Å². The highest BCUT2D eigenvalue weighted by atomic mass is 15.0. The molecule has 0 saturated heterocycles. The molecule has 54 valence electrons. The summed E-state index contributed by atoms with van der Waals surface area (Å²) in [4.78, 5) is 4.39. The first-order valence-electron chi connectivity index (χ1n) is 3.90. The highest BCUT2D eigenvalue weighted by Crippen LogP contribution is 2.16. The molecule has 0 atom stereocenters. The molecule has 1 aliphatic heterocycles. The molecule has 0 aromatic rings. The van der Waals surface area contributed by atoms with Crippen LogP contribution in [0.5, 0.6) is 0 Å². The maximum atomic E-state index is 4.39. The fraction of sp³-hybridized carbons (Fsp3) is 0.625. The van der Waals surface area contributed by atoms with E-state index in [0.29, 0.717) is 0 Å². The Labute approximate surface area is 61.0 Å². The van der Waals surface area contributed by atoms with Crippen LogP contribution in [-0.4, -0.2) is 18.9 Å². The van der Waals surface area contributed by atoms with Crippen molar-refractivity contribution in [2.75, 3.05) is 13.2 Å². The molecule has 1 heterocycles. The van der Waals surface area contributed by atoms with Gasteiger partial charge in [0.15, 0.2) is 0 Å². The fourth-order valence-electron chi connectivity index (χ4n) is 1.52. The third kappa shape index (κ3) is 0.991. The van der Waals surface area contributed by atoms with Gasteiger partial charge in [-0.2, -0.15) is 0 Å². The van der Waals surface area contributed by atoms with Crippen molar-refractivity contribution in [3.63, 3.8) is 0 Å². The Balaban J connectivity index is 2.25. The molecule has 1 N–H and O–H groups in total. The summed E-state index contributed by atoms with van der Waals surface area (Å²) >= 11 is 0. The van der Waals surface area contributed by atoms with Gasteiger partial charge in [-0.3, -0.25) is 10.3 Å². The van der Waals surface area contributed by atoms with Gasteiger partial charge in [-0.1, -0.05) is 6.08 Å². The van der Waals surface area contributed by atoms with Crippen LogP contribution in [0.2, 0.25) is 0 Å². The van der Waals surface area contributed by atoms with Crippen molar-refractivity contribution in [3.8, 4) is 0 Å². The monoisotopic (exact) mass is 136 g/mol. The zero-order valence-corrected chi connectivity index (χ0v) is 6.06. The molecular formula is C8H12N2. The number of hydrogen-bond donors (Lipinski definition) is 1. The quantitative estimate of drug-likeness (QED) is 0.530. The van der Waals surface area contributed by atoms with Crippen molar-refractivity contribution in [3.05, 3.63) is 11.6 Å². The van der Waals surface area contributed by atoms with E-state index in [-0.39, 0.29) is 0 Å². The van der Waals surface area contributed by atoms with E-state index in [2.05, 4.69) is 16.4 Å². The summed E-state index contributed by atoms with van der Waals surface area (Å²) in [6, 6.07) is 0. The second kappa shape index (κ2) is 2.54. The molecular weight excluding hydrogens is 124 g/mol. The summed E-state index contributed by atoms with van der Waals surface area (Å²) < 4.78 is 0. The van der Waals surface area contributed by atoms with Gasteiger partial charge >= 0.3 is 0 Å². The maximum Gasteiger partial charge on any atom is 0.0890 e. The highest BCUT2D eigenvalue weighted by Gasteiger charge is 2.13. The summed E-state index contributed by atoms with van der Waals surface area (Å²) in [7, 11) is 0. The minimum Gasteiger partial charge on any atom is -0.294 e. The molecule has 0 spiro atoms. The Morgan fingerprint density at radius 2 is 2.50 bits per heavy atom. The smallest absolute Gasteiger partial charge is 0.0890 e. The molecule has 0 radical (unpaired) electrons. The van der Waals surface area contributed by atoms with E-state index in [9.17, 15) is 0 Å². The Morgan fingerprint density at radius 3 is 3.40 bits per heavy atom. The third-order valence-electron chi connectivity index (χ3n) is 2.08. The molecule has 0 aromatic carbocycles. The molecule has 2 nitrogen and oxygen atoms in total. The molecule has 2 rings (SSSR count). The van der Waals surface area contributed by atoms with Crippen LogP contribution in [0.25, 0.3) is 0 Å². The molecule has 2 heteroatoms. The lowest BCUT2D eigenvalue weighted by Crippen LogP contribution is -2.28. The number of rotatable bonds is 0. The summed E-state index contributed by atoms with van der Waals surface area (Å²) in [6.45, 7) is 1.87. The van der Waals surface area contributed by atoms with Crippen LogP contribution in [0.1, 0.15) is 19.3 Å². The van der Waals surface area contributed by atoms with Gasteiger partial charge in [-0.05, 0) is 24.8 Å². The van der Waals surface area contributed by atoms with Crippen molar-refractivity contribution in [2.24, 2.45) is 4.99 Å². The molecule has 0 saturated carbocycles. The van der Waals surface area contributed by atoms with Gasteiger partial charge in [-0.15, -0.1) is 0 Å². The lowest BCUT2D eigenvalue weighted by atomic mass is 9.96. The van der Waals surface area contributed by atoms with E-state index >= 15 is 0 Å². The van der Waals surface area contributed by atoms with Crippen LogP contribution in [0, 0.1) is 0 Å². The molecule has 0 bridgehead atoms. The van der Waals surface area contributed by atoms with E-state index in [1.807, 2.05) is 0 Å². The second-order valence-electron chi connectivity index (χ2n) is 2.81. The Hall–Kier alpha value is -0.630. The van der Waals surface area contributed by atoms with Gasteiger partial charge in [0.25, 0.3) is 0 Å². The molecule has 0 fully saturated rings. The maximum absolute atomic E-state index is 4.39. The summed E-state index contributed by atoms with van der Waals surface area (Å²) in [6.07, 6.45) is 6.06. The van der Waals surface area contributed by atoms with Crippen molar-refractivity contribution in [2.45, 2.75) is 19.3 Å². The first-order chi connectivity index (χ1) is 4.97. The number of allylic oxidation sites excluding steroid dienone is 1. The van der Waals surface area contributed by atoms with E-state index < -0.39 is 0 Å². The first kappa shape index (κ1) is 6.10. The molecule has 10 heavy (non-hydrogen) atoms. The van der Waals surface area contributed by atoms with Crippen LogP contribution in [0.3, 0.4) is 0 Å². The molecule has 0 amide bonds. The Bertz CT molecular complexity index is 169. The van der Waals surface area contributed by atoms with Crippen LogP contribution >= 0.6 is 0 Å². The summed E-state index contributed by atoms with van der Waals surface area (Å²) in [5.74, 6) is 0. The van der Waals surface area contributed by atoms with Gasteiger partial charge in [0, 0.05) is 12.3 Å². The summed E-state index contributed by atoms with van der Waals surface area (Å²) in [5, 5.41) is 3.23. The van der Waals surface area contributed by atoms with Crippen LogP contribution in [0.4, 0.5) is 0 Å². The minimum absolute atomic E-state index is 0.826. The number of aliphatic imine (C=N–C) groups is 1. The number of hydrogen-bond acceptors (Lipinski definition) is 2. The van der Waals surface area contributed by atoms with Crippen molar-refractivity contribution >= 4 is 5.71 Å². The zero-order valence-electron chi connectivity index (χ0n) is 6.06. The fourth-order valence-corrected chi connectivity index (χ4v) is 1.52. The lowest BCUT2D eigenvalue weighted by molar-refractivity contribution is 0.716. The number of nitrogens with one attached hydrogen (secondary N) is 1. The summed E-state index contributed by atoms with van der Waals surface area (Å²) in [5.41, 5.74) is 2.79. The molecule has 0 unspecified atom stereocenters. The molecule has 2 aliphatic rings. The van der Waals surface area contributed by atoms with E-state index in [1.54, 1.807) is 0 Å². The van der Waals surface area contributed by atoms with Crippen LogP contribution in [-0.2, 0) is 0 Å². The standard InChI is InChI=1S/C8H12N2/c1-2-4-8-7(3-1)5-9-6-10-8/h3,9H,1-2,4-6H2. The number of nitrogens with zero attached hydrogens (tertiary/aromatic N) is 1. The zero-order chi connectivity index (χ0) is 6.81. The highest BCUT2D eigenvalue weighted by molar-refractivity contribution is 6.01. The molecule has 1 aliphatic carbocycles. The van der Waals surface area contributed by atoms with E-state index in [4.69, 9.17) is 0 Å². The predicted octanol–water partition coefficient (Wildman–Crippen LogP) is 1.10.